The van der Waals surface area contributed by atoms with Gasteiger partial charge in [0.2, 0.25) is 0 Å². The van der Waals surface area contributed by atoms with Crippen molar-refractivity contribution in [3.05, 3.63) is 35.8 Å². The first kappa shape index (κ1) is 11.1. The maximum absolute atomic E-state index is 13.0. The Labute approximate surface area is 103 Å². The van der Waals surface area contributed by atoms with E-state index in [0.29, 0.717) is 16.7 Å². The van der Waals surface area contributed by atoms with Gasteiger partial charge < -0.3 is 9.52 Å². The van der Waals surface area contributed by atoms with Crippen molar-refractivity contribution in [3.8, 4) is 0 Å². The normalized spacial score (nSPS) is 22.1. The van der Waals surface area contributed by atoms with Gasteiger partial charge in [0.15, 0.2) is 0 Å². The van der Waals surface area contributed by atoms with E-state index in [1.54, 1.807) is 12.1 Å². The summed E-state index contributed by atoms with van der Waals surface area (Å²) in [4.78, 5) is 0. The summed E-state index contributed by atoms with van der Waals surface area (Å²) in [5.74, 6) is 2.59. The summed E-state index contributed by atoms with van der Waals surface area (Å²) in [7, 11) is 0. The van der Waals surface area contributed by atoms with Crippen molar-refractivity contribution < 1.29 is 13.9 Å². The van der Waals surface area contributed by atoms with Crippen LogP contribution in [0.15, 0.2) is 28.7 Å². The van der Waals surface area contributed by atoms with Crippen LogP contribution in [0.4, 0.5) is 4.39 Å². The molecule has 0 aliphatic carbocycles. The Hall–Kier alpha value is -1.000. The predicted octanol–water partition coefficient (Wildman–Crippen LogP) is 3.36. The van der Waals surface area contributed by atoms with Crippen molar-refractivity contribution in [2.45, 2.75) is 12.5 Å². The quantitative estimate of drug-likeness (QED) is 0.889. The predicted molar refractivity (Wildman–Crippen MR) is 66.6 cm³/mol. The Kier molecular flexibility index (Phi) is 2.84. The Morgan fingerprint density at radius 3 is 3.06 bits per heavy atom. The number of aliphatic hydroxyl groups is 1. The van der Waals surface area contributed by atoms with Crippen molar-refractivity contribution in [2.75, 3.05) is 11.5 Å². The van der Waals surface area contributed by atoms with E-state index in [4.69, 9.17) is 4.42 Å². The lowest BCUT2D eigenvalue weighted by Gasteiger charge is -2.13. The summed E-state index contributed by atoms with van der Waals surface area (Å²) in [6.45, 7) is 0. The maximum Gasteiger partial charge on any atom is 0.134 e. The van der Waals surface area contributed by atoms with E-state index in [1.165, 1.54) is 12.1 Å². The van der Waals surface area contributed by atoms with E-state index in [-0.39, 0.29) is 11.7 Å². The van der Waals surface area contributed by atoms with Crippen molar-refractivity contribution in [1.82, 2.24) is 0 Å². The number of halogens is 1. The van der Waals surface area contributed by atoms with Gasteiger partial charge in [0, 0.05) is 11.3 Å². The monoisotopic (exact) mass is 252 g/mol. The standard InChI is InChI=1S/C13H13FO2S/c14-10-1-2-11-9(5-10)6-12(16-11)13(15)8-3-4-17-7-8/h1-2,5-6,8,13,15H,3-4,7H2. The third-order valence-corrected chi connectivity index (χ3v) is 4.39. The summed E-state index contributed by atoms with van der Waals surface area (Å²) in [5.41, 5.74) is 0.631. The van der Waals surface area contributed by atoms with Gasteiger partial charge in [-0.1, -0.05) is 0 Å². The summed E-state index contributed by atoms with van der Waals surface area (Å²) in [6.07, 6.45) is 0.442. The molecule has 2 unspecified atom stereocenters. The molecule has 1 N–H and O–H groups in total. The van der Waals surface area contributed by atoms with Gasteiger partial charge in [-0.2, -0.15) is 11.8 Å². The summed E-state index contributed by atoms with van der Waals surface area (Å²) in [5, 5.41) is 10.9. The lowest BCUT2D eigenvalue weighted by atomic mass is 10.00. The summed E-state index contributed by atoms with van der Waals surface area (Å²) < 4.78 is 18.6. The molecule has 17 heavy (non-hydrogen) atoms. The second kappa shape index (κ2) is 4.35. The molecule has 1 aliphatic heterocycles. The molecular formula is C13H13FO2S. The molecular weight excluding hydrogens is 239 g/mol. The van der Waals surface area contributed by atoms with E-state index in [9.17, 15) is 9.50 Å². The van der Waals surface area contributed by atoms with Gasteiger partial charge in [-0.05, 0) is 42.2 Å². The number of thioether (sulfide) groups is 1. The van der Waals surface area contributed by atoms with Crippen molar-refractivity contribution >= 4 is 22.7 Å². The summed E-state index contributed by atoms with van der Waals surface area (Å²) in [6, 6.07) is 6.14. The van der Waals surface area contributed by atoms with Crippen molar-refractivity contribution in [2.24, 2.45) is 5.92 Å². The molecule has 2 atom stereocenters. The largest absolute Gasteiger partial charge is 0.458 e. The molecule has 1 fully saturated rings. The summed E-state index contributed by atoms with van der Waals surface area (Å²) >= 11 is 1.85. The van der Waals surface area contributed by atoms with Crippen LogP contribution in [0.3, 0.4) is 0 Å². The minimum Gasteiger partial charge on any atom is -0.458 e. The molecule has 0 spiro atoms. The van der Waals surface area contributed by atoms with Crippen LogP contribution >= 0.6 is 11.8 Å². The van der Waals surface area contributed by atoms with Gasteiger partial charge in [0.1, 0.15) is 23.3 Å². The van der Waals surface area contributed by atoms with Crippen LogP contribution in [0, 0.1) is 11.7 Å². The van der Waals surface area contributed by atoms with Gasteiger partial charge in [-0.15, -0.1) is 0 Å². The average molecular weight is 252 g/mol. The molecule has 2 nitrogen and oxygen atoms in total. The molecule has 0 saturated carbocycles. The average Bonchev–Trinajstić information content (AvgIpc) is 2.96. The number of hydrogen-bond acceptors (Lipinski definition) is 3. The fourth-order valence-electron chi connectivity index (χ4n) is 2.21. The van der Waals surface area contributed by atoms with Crippen molar-refractivity contribution in [1.29, 1.82) is 0 Å². The zero-order valence-corrected chi connectivity index (χ0v) is 10.0. The number of rotatable bonds is 2. The highest BCUT2D eigenvalue weighted by Gasteiger charge is 2.27. The highest BCUT2D eigenvalue weighted by molar-refractivity contribution is 7.99. The Balaban J connectivity index is 1.94. The highest BCUT2D eigenvalue weighted by atomic mass is 32.2. The number of benzene rings is 1. The molecule has 1 saturated heterocycles. The number of fused-ring (bicyclic) bond motifs is 1. The van der Waals surface area contributed by atoms with E-state index < -0.39 is 6.10 Å². The molecule has 0 bridgehead atoms. The number of hydrogen-bond donors (Lipinski definition) is 1. The molecule has 1 aromatic carbocycles. The lowest BCUT2D eigenvalue weighted by molar-refractivity contribution is 0.0994. The van der Waals surface area contributed by atoms with E-state index in [1.807, 2.05) is 11.8 Å². The first-order chi connectivity index (χ1) is 8.24. The molecule has 2 heterocycles. The van der Waals surface area contributed by atoms with Crippen molar-refractivity contribution in [3.63, 3.8) is 0 Å². The number of furan rings is 1. The fourth-order valence-corrected chi connectivity index (χ4v) is 3.50. The topological polar surface area (TPSA) is 33.4 Å². The highest BCUT2D eigenvalue weighted by Crippen LogP contribution is 2.36. The maximum atomic E-state index is 13.0. The molecule has 1 aromatic heterocycles. The van der Waals surface area contributed by atoms with Crippen LogP contribution in [0.1, 0.15) is 18.3 Å². The van der Waals surface area contributed by atoms with Crippen LogP contribution in [-0.4, -0.2) is 16.6 Å². The minimum atomic E-state index is -0.569. The minimum absolute atomic E-state index is 0.255. The molecule has 0 amide bonds. The molecule has 4 heteroatoms. The third kappa shape index (κ3) is 2.07. The molecule has 1 aliphatic rings. The smallest absolute Gasteiger partial charge is 0.134 e. The van der Waals surface area contributed by atoms with Crippen LogP contribution in [0.2, 0.25) is 0 Å². The molecule has 0 radical (unpaired) electrons. The van der Waals surface area contributed by atoms with Crippen LogP contribution in [0.25, 0.3) is 11.0 Å². The Morgan fingerprint density at radius 2 is 2.29 bits per heavy atom. The van der Waals surface area contributed by atoms with Crippen LogP contribution in [0.5, 0.6) is 0 Å². The number of aliphatic hydroxyl groups excluding tert-OH is 1. The zero-order valence-electron chi connectivity index (χ0n) is 9.23. The first-order valence-corrected chi connectivity index (χ1v) is 6.84. The van der Waals surface area contributed by atoms with E-state index >= 15 is 0 Å². The Morgan fingerprint density at radius 1 is 1.41 bits per heavy atom. The molecule has 90 valence electrons. The van der Waals surface area contributed by atoms with Gasteiger partial charge in [0.05, 0.1) is 0 Å². The zero-order chi connectivity index (χ0) is 11.8. The molecule has 2 aromatic rings. The van der Waals surface area contributed by atoms with Crippen LogP contribution < -0.4 is 0 Å². The lowest BCUT2D eigenvalue weighted by Crippen LogP contribution is -2.10. The van der Waals surface area contributed by atoms with E-state index in [2.05, 4.69) is 0 Å². The second-order valence-electron chi connectivity index (χ2n) is 4.40. The van der Waals surface area contributed by atoms with E-state index in [0.717, 1.165) is 17.9 Å². The second-order valence-corrected chi connectivity index (χ2v) is 5.55. The fraction of sp³-hybridized carbons (Fsp3) is 0.385. The van der Waals surface area contributed by atoms with Gasteiger partial charge in [-0.3, -0.25) is 0 Å². The Bertz CT molecular complexity index is 531. The van der Waals surface area contributed by atoms with Gasteiger partial charge >= 0.3 is 0 Å². The van der Waals surface area contributed by atoms with Gasteiger partial charge in [-0.25, -0.2) is 4.39 Å². The first-order valence-electron chi connectivity index (χ1n) is 5.69. The van der Waals surface area contributed by atoms with Crippen LogP contribution in [-0.2, 0) is 0 Å². The SMILES string of the molecule is OC(c1cc2cc(F)ccc2o1)C1CCSC1. The molecule has 3 rings (SSSR count). The third-order valence-electron chi connectivity index (χ3n) is 3.20. The van der Waals surface area contributed by atoms with Gasteiger partial charge in [0.25, 0.3) is 0 Å².